The first kappa shape index (κ1) is 16.5. The Morgan fingerprint density at radius 3 is 2.50 bits per heavy atom. The normalized spacial score (nSPS) is 15.2. The van der Waals surface area contributed by atoms with Crippen LogP contribution in [0.25, 0.3) is 0 Å². The van der Waals surface area contributed by atoms with E-state index in [4.69, 9.17) is 0 Å². The summed E-state index contributed by atoms with van der Waals surface area (Å²) in [5.41, 5.74) is 1.66. The van der Waals surface area contributed by atoms with Crippen molar-refractivity contribution in [2.24, 2.45) is 0 Å². The summed E-state index contributed by atoms with van der Waals surface area (Å²) < 4.78 is 0.960. The maximum atomic E-state index is 12.0. The Bertz CT molecular complexity index is 618. The minimum Gasteiger partial charge on any atom is -0.333 e. The van der Waals surface area contributed by atoms with Gasteiger partial charge in [-0.1, -0.05) is 15.9 Å². The first-order valence-electron chi connectivity index (χ1n) is 7.06. The maximum Gasteiger partial charge on any atom is 0.312 e. The van der Waals surface area contributed by atoms with Gasteiger partial charge in [0.25, 0.3) is 0 Å². The second-order valence-electron chi connectivity index (χ2n) is 5.12. The van der Waals surface area contributed by atoms with Gasteiger partial charge in [0.2, 0.25) is 5.91 Å². The van der Waals surface area contributed by atoms with E-state index >= 15 is 0 Å². The van der Waals surface area contributed by atoms with E-state index in [0.717, 1.165) is 10.0 Å². The number of anilines is 1. The second kappa shape index (κ2) is 6.91. The number of amides is 3. The summed E-state index contributed by atoms with van der Waals surface area (Å²) in [7, 11) is 0. The van der Waals surface area contributed by atoms with Crippen LogP contribution in [0.4, 0.5) is 5.69 Å². The summed E-state index contributed by atoms with van der Waals surface area (Å²) in [6, 6.07) is 5.46. The Balaban J connectivity index is 1.96. The average Bonchev–Trinajstić information content (AvgIpc) is 2.48. The lowest BCUT2D eigenvalue weighted by atomic mass is 10.2. The molecule has 0 aliphatic carbocycles. The van der Waals surface area contributed by atoms with Crippen molar-refractivity contribution in [1.82, 2.24) is 9.80 Å². The summed E-state index contributed by atoms with van der Waals surface area (Å²) in [5, 5.41) is 2.74. The van der Waals surface area contributed by atoms with Gasteiger partial charge in [0.05, 0.1) is 0 Å². The number of piperazine rings is 1. The fourth-order valence-corrected chi connectivity index (χ4v) is 2.51. The molecule has 1 aliphatic rings. The molecule has 2 rings (SSSR count). The molecule has 0 unspecified atom stereocenters. The Kier molecular flexibility index (Phi) is 5.18. The molecule has 1 saturated heterocycles. The van der Waals surface area contributed by atoms with Crippen molar-refractivity contribution < 1.29 is 14.4 Å². The number of hydrogen-bond donors (Lipinski definition) is 1. The van der Waals surface area contributed by atoms with Crippen LogP contribution in [0.2, 0.25) is 0 Å². The van der Waals surface area contributed by atoms with Crippen molar-refractivity contribution in [3.63, 3.8) is 0 Å². The van der Waals surface area contributed by atoms with Crippen LogP contribution in [0.3, 0.4) is 0 Å². The van der Waals surface area contributed by atoms with Crippen LogP contribution in [-0.4, -0.2) is 53.7 Å². The van der Waals surface area contributed by atoms with Gasteiger partial charge in [0.15, 0.2) is 0 Å². The molecule has 0 bridgehead atoms. The van der Waals surface area contributed by atoms with Crippen molar-refractivity contribution in [3.8, 4) is 0 Å². The molecule has 1 aliphatic heterocycles. The number of carbonyl (C=O) groups excluding carboxylic acids is 3. The largest absolute Gasteiger partial charge is 0.333 e. The summed E-state index contributed by atoms with van der Waals surface area (Å²) in [4.78, 5) is 38.5. The van der Waals surface area contributed by atoms with Gasteiger partial charge < -0.3 is 15.1 Å². The highest BCUT2D eigenvalue weighted by molar-refractivity contribution is 9.10. The highest BCUT2D eigenvalue weighted by Gasteiger charge is 2.32. The smallest absolute Gasteiger partial charge is 0.312 e. The molecule has 3 amide bonds. The first-order valence-corrected chi connectivity index (χ1v) is 7.86. The molecule has 6 nitrogen and oxygen atoms in total. The first-order chi connectivity index (χ1) is 10.4. The van der Waals surface area contributed by atoms with E-state index < -0.39 is 11.8 Å². The standard InChI is InChI=1S/C15H18BrN3O3/c1-3-18-6-7-19(15(22)14(18)21)9-13(20)17-11-4-5-12(16)10(2)8-11/h4-5,8H,3,6-7,9H2,1-2H3,(H,17,20). The van der Waals surface area contributed by atoms with Crippen LogP contribution in [-0.2, 0) is 14.4 Å². The average molecular weight is 368 g/mol. The molecule has 1 fully saturated rings. The van der Waals surface area contributed by atoms with Crippen molar-refractivity contribution in [1.29, 1.82) is 0 Å². The lowest BCUT2D eigenvalue weighted by Crippen LogP contribution is -2.55. The quantitative estimate of drug-likeness (QED) is 0.817. The Morgan fingerprint density at radius 1 is 1.23 bits per heavy atom. The molecular formula is C15H18BrN3O3. The van der Waals surface area contributed by atoms with Crippen molar-refractivity contribution in [2.45, 2.75) is 13.8 Å². The minimum atomic E-state index is -0.616. The van der Waals surface area contributed by atoms with E-state index in [1.807, 2.05) is 26.0 Å². The summed E-state index contributed by atoms with van der Waals surface area (Å²) in [6.07, 6.45) is 0. The number of nitrogens with one attached hydrogen (secondary N) is 1. The number of halogens is 1. The van der Waals surface area contributed by atoms with Crippen LogP contribution >= 0.6 is 15.9 Å². The number of benzene rings is 1. The molecular weight excluding hydrogens is 350 g/mol. The van der Waals surface area contributed by atoms with Gasteiger partial charge in [-0.15, -0.1) is 0 Å². The molecule has 0 aromatic heterocycles. The van der Waals surface area contributed by atoms with E-state index in [0.29, 0.717) is 25.3 Å². The Morgan fingerprint density at radius 2 is 1.86 bits per heavy atom. The number of likely N-dealkylation sites (N-methyl/N-ethyl adjacent to an activating group) is 1. The maximum absolute atomic E-state index is 12.0. The SMILES string of the molecule is CCN1CCN(CC(=O)Nc2ccc(Br)c(C)c2)C(=O)C1=O. The van der Waals surface area contributed by atoms with Gasteiger partial charge in [-0.05, 0) is 37.6 Å². The molecule has 0 spiro atoms. The lowest BCUT2D eigenvalue weighted by molar-refractivity contribution is -0.156. The highest BCUT2D eigenvalue weighted by atomic mass is 79.9. The Hall–Kier alpha value is -1.89. The number of nitrogens with zero attached hydrogens (tertiary/aromatic N) is 2. The summed E-state index contributed by atoms with van der Waals surface area (Å²) >= 11 is 3.39. The third kappa shape index (κ3) is 3.65. The lowest BCUT2D eigenvalue weighted by Gasteiger charge is -2.32. The van der Waals surface area contributed by atoms with E-state index in [1.165, 1.54) is 9.80 Å². The van der Waals surface area contributed by atoms with Gasteiger partial charge in [0.1, 0.15) is 6.54 Å². The molecule has 1 N–H and O–H groups in total. The van der Waals surface area contributed by atoms with Crippen molar-refractivity contribution >= 4 is 39.3 Å². The monoisotopic (exact) mass is 367 g/mol. The van der Waals surface area contributed by atoms with Gasteiger partial charge in [0, 0.05) is 29.8 Å². The third-order valence-electron chi connectivity index (χ3n) is 3.56. The van der Waals surface area contributed by atoms with Crippen LogP contribution in [0, 0.1) is 6.92 Å². The fraction of sp³-hybridized carbons (Fsp3) is 0.400. The molecule has 0 saturated carbocycles. The van der Waals surface area contributed by atoms with Gasteiger partial charge in [-0.3, -0.25) is 14.4 Å². The molecule has 22 heavy (non-hydrogen) atoms. The van der Waals surface area contributed by atoms with Gasteiger partial charge >= 0.3 is 11.8 Å². The predicted molar refractivity (Wildman–Crippen MR) is 86.3 cm³/mol. The van der Waals surface area contributed by atoms with E-state index in [-0.39, 0.29) is 12.5 Å². The second-order valence-corrected chi connectivity index (χ2v) is 5.98. The number of rotatable bonds is 4. The van der Waals surface area contributed by atoms with E-state index in [2.05, 4.69) is 21.2 Å². The number of aryl methyl sites for hydroxylation is 1. The Labute approximate surface area is 137 Å². The molecule has 1 aromatic carbocycles. The molecule has 1 heterocycles. The zero-order chi connectivity index (χ0) is 16.3. The topological polar surface area (TPSA) is 69.7 Å². The van der Waals surface area contributed by atoms with Crippen LogP contribution < -0.4 is 5.32 Å². The zero-order valence-corrected chi connectivity index (χ0v) is 14.1. The van der Waals surface area contributed by atoms with Crippen molar-refractivity contribution in [2.75, 3.05) is 31.5 Å². The van der Waals surface area contributed by atoms with Crippen molar-refractivity contribution in [3.05, 3.63) is 28.2 Å². The molecule has 0 radical (unpaired) electrons. The summed E-state index contributed by atoms with van der Waals surface area (Å²) in [6.45, 7) is 4.98. The summed E-state index contributed by atoms with van der Waals surface area (Å²) in [5.74, 6) is -1.47. The predicted octanol–water partition coefficient (Wildman–Crippen LogP) is 1.39. The zero-order valence-electron chi connectivity index (χ0n) is 12.6. The highest BCUT2D eigenvalue weighted by Crippen LogP contribution is 2.20. The fourth-order valence-electron chi connectivity index (χ4n) is 2.26. The van der Waals surface area contributed by atoms with Gasteiger partial charge in [-0.2, -0.15) is 0 Å². The minimum absolute atomic E-state index is 0.114. The molecule has 7 heteroatoms. The van der Waals surface area contributed by atoms with Crippen LogP contribution in [0.1, 0.15) is 12.5 Å². The molecule has 118 valence electrons. The van der Waals surface area contributed by atoms with Crippen LogP contribution in [0.5, 0.6) is 0 Å². The molecule has 0 atom stereocenters. The van der Waals surface area contributed by atoms with E-state index in [1.54, 1.807) is 6.07 Å². The molecule has 1 aromatic rings. The number of hydrogen-bond acceptors (Lipinski definition) is 3. The number of carbonyl (C=O) groups is 3. The van der Waals surface area contributed by atoms with E-state index in [9.17, 15) is 14.4 Å². The third-order valence-corrected chi connectivity index (χ3v) is 4.44. The van der Waals surface area contributed by atoms with Crippen LogP contribution in [0.15, 0.2) is 22.7 Å². The van der Waals surface area contributed by atoms with Gasteiger partial charge in [-0.25, -0.2) is 0 Å².